The predicted molar refractivity (Wildman–Crippen MR) is 93.3 cm³/mol. The first-order valence-corrected chi connectivity index (χ1v) is 8.45. The van der Waals surface area contributed by atoms with Crippen molar-refractivity contribution in [3.8, 4) is 0 Å². The van der Waals surface area contributed by atoms with Gasteiger partial charge in [0.05, 0.1) is 5.92 Å². The third-order valence-corrected chi connectivity index (χ3v) is 4.38. The Kier molecular flexibility index (Phi) is 6.85. The highest BCUT2D eigenvalue weighted by Gasteiger charge is 2.33. The SMILES string of the molecule is C=CCN(C)C(=O)[C@@H]1CCCC[C@H]1NC(=O)OCc1ccccc1. The van der Waals surface area contributed by atoms with Gasteiger partial charge >= 0.3 is 6.09 Å². The number of alkyl carbamates (subject to hydrolysis) is 1. The molecule has 0 radical (unpaired) electrons. The minimum Gasteiger partial charge on any atom is -0.445 e. The van der Waals surface area contributed by atoms with Crippen LogP contribution in [0.2, 0.25) is 0 Å². The molecule has 1 aromatic carbocycles. The van der Waals surface area contributed by atoms with E-state index >= 15 is 0 Å². The Balaban J connectivity index is 1.89. The quantitative estimate of drug-likeness (QED) is 0.815. The molecule has 0 aliphatic heterocycles. The number of amides is 2. The van der Waals surface area contributed by atoms with Gasteiger partial charge in [0.1, 0.15) is 6.61 Å². The molecule has 2 atom stereocenters. The highest BCUT2D eigenvalue weighted by molar-refractivity contribution is 5.80. The Morgan fingerprint density at radius 1 is 1.29 bits per heavy atom. The van der Waals surface area contributed by atoms with E-state index in [9.17, 15) is 9.59 Å². The molecular formula is C19H26N2O3. The van der Waals surface area contributed by atoms with Crippen molar-refractivity contribution in [2.24, 2.45) is 5.92 Å². The van der Waals surface area contributed by atoms with Gasteiger partial charge in [-0.3, -0.25) is 4.79 Å². The van der Waals surface area contributed by atoms with E-state index < -0.39 is 6.09 Å². The second-order valence-corrected chi connectivity index (χ2v) is 6.21. The summed E-state index contributed by atoms with van der Waals surface area (Å²) in [5.41, 5.74) is 0.939. The number of rotatable bonds is 6. The monoisotopic (exact) mass is 330 g/mol. The minimum atomic E-state index is -0.463. The lowest BCUT2D eigenvalue weighted by molar-refractivity contribution is -0.135. The molecule has 1 saturated carbocycles. The minimum absolute atomic E-state index is 0.0583. The van der Waals surface area contributed by atoms with E-state index in [-0.39, 0.29) is 24.5 Å². The number of carbonyl (C=O) groups excluding carboxylic acids is 2. The van der Waals surface area contributed by atoms with E-state index in [1.807, 2.05) is 30.3 Å². The van der Waals surface area contributed by atoms with Crippen molar-refractivity contribution in [1.29, 1.82) is 0 Å². The number of benzene rings is 1. The van der Waals surface area contributed by atoms with Crippen molar-refractivity contribution in [2.45, 2.75) is 38.3 Å². The third kappa shape index (κ3) is 5.11. The molecule has 5 heteroatoms. The molecule has 5 nitrogen and oxygen atoms in total. The summed E-state index contributed by atoms with van der Waals surface area (Å²) in [5, 5.41) is 2.88. The van der Waals surface area contributed by atoms with Gasteiger partial charge in [0.25, 0.3) is 0 Å². The molecule has 0 heterocycles. The van der Waals surface area contributed by atoms with Crippen LogP contribution in [0.1, 0.15) is 31.2 Å². The third-order valence-electron chi connectivity index (χ3n) is 4.38. The molecule has 1 aliphatic carbocycles. The van der Waals surface area contributed by atoms with Crippen LogP contribution in [0.4, 0.5) is 4.79 Å². The van der Waals surface area contributed by atoms with Crippen LogP contribution in [-0.2, 0) is 16.1 Å². The maximum absolute atomic E-state index is 12.5. The van der Waals surface area contributed by atoms with Crippen LogP contribution < -0.4 is 5.32 Å². The summed E-state index contributed by atoms with van der Waals surface area (Å²) in [5.74, 6) is -0.129. The van der Waals surface area contributed by atoms with Crippen molar-refractivity contribution in [1.82, 2.24) is 10.2 Å². The zero-order valence-corrected chi connectivity index (χ0v) is 14.2. The summed E-state index contributed by atoms with van der Waals surface area (Å²) in [6.45, 7) is 4.41. The van der Waals surface area contributed by atoms with E-state index in [0.29, 0.717) is 6.54 Å². The Morgan fingerprint density at radius 2 is 2.00 bits per heavy atom. The van der Waals surface area contributed by atoms with Crippen molar-refractivity contribution in [3.63, 3.8) is 0 Å². The number of ether oxygens (including phenoxy) is 1. The molecular weight excluding hydrogens is 304 g/mol. The number of hydrogen-bond acceptors (Lipinski definition) is 3. The van der Waals surface area contributed by atoms with E-state index in [1.54, 1.807) is 18.0 Å². The van der Waals surface area contributed by atoms with E-state index in [1.165, 1.54) is 0 Å². The number of nitrogens with one attached hydrogen (secondary N) is 1. The van der Waals surface area contributed by atoms with Gasteiger partial charge in [0, 0.05) is 19.6 Å². The van der Waals surface area contributed by atoms with Crippen molar-refractivity contribution >= 4 is 12.0 Å². The van der Waals surface area contributed by atoms with Gasteiger partial charge in [-0.25, -0.2) is 4.79 Å². The van der Waals surface area contributed by atoms with Gasteiger partial charge in [-0.1, -0.05) is 49.2 Å². The fraction of sp³-hybridized carbons (Fsp3) is 0.474. The molecule has 1 fully saturated rings. The number of nitrogens with zero attached hydrogens (tertiary/aromatic N) is 1. The highest BCUT2D eigenvalue weighted by atomic mass is 16.5. The lowest BCUT2D eigenvalue weighted by Crippen LogP contribution is -2.48. The van der Waals surface area contributed by atoms with Gasteiger partial charge in [-0.15, -0.1) is 6.58 Å². The summed E-state index contributed by atoms with van der Waals surface area (Å²) in [6, 6.07) is 9.38. The zero-order valence-electron chi connectivity index (χ0n) is 14.2. The highest BCUT2D eigenvalue weighted by Crippen LogP contribution is 2.26. The molecule has 130 valence electrons. The topological polar surface area (TPSA) is 58.6 Å². The van der Waals surface area contributed by atoms with Crippen LogP contribution in [0.3, 0.4) is 0 Å². The van der Waals surface area contributed by atoms with Crippen molar-refractivity contribution in [3.05, 3.63) is 48.6 Å². The molecule has 2 amide bonds. The van der Waals surface area contributed by atoms with E-state index in [4.69, 9.17) is 4.74 Å². The molecule has 0 spiro atoms. The van der Waals surface area contributed by atoms with Gasteiger partial charge in [0.2, 0.25) is 5.91 Å². The van der Waals surface area contributed by atoms with Gasteiger partial charge < -0.3 is 15.0 Å². The summed E-state index contributed by atoms with van der Waals surface area (Å²) in [6.07, 6.45) is 4.86. The van der Waals surface area contributed by atoms with Crippen LogP contribution in [0.25, 0.3) is 0 Å². The van der Waals surface area contributed by atoms with Crippen LogP contribution in [0.15, 0.2) is 43.0 Å². The van der Waals surface area contributed by atoms with Crippen LogP contribution >= 0.6 is 0 Å². The largest absolute Gasteiger partial charge is 0.445 e. The summed E-state index contributed by atoms with van der Waals surface area (Å²) < 4.78 is 5.28. The fourth-order valence-electron chi connectivity index (χ4n) is 3.08. The lowest BCUT2D eigenvalue weighted by Gasteiger charge is -2.33. The second kappa shape index (κ2) is 9.11. The predicted octanol–water partition coefficient (Wildman–Crippen LogP) is 3.12. The lowest BCUT2D eigenvalue weighted by atomic mass is 9.83. The molecule has 2 rings (SSSR count). The van der Waals surface area contributed by atoms with Gasteiger partial charge in [-0.05, 0) is 18.4 Å². The molecule has 24 heavy (non-hydrogen) atoms. The first-order valence-electron chi connectivity index (χ1n) is 8.45. The second-order valence-electron chi connectivity index (χ2n) is 6.21. The van der Waals surface area contributed by atoms with Crippen molar-refractivity contribution < 1.29 is 14.3 Å². The average Bonchev–Trinajstić information content (AvgIpc) is 2.61. The smallest absolute Gasteiger partial charge is 0.407 e. The van der Waals surface area contributed by atoms with E-state index in [2.05, 4.69) is 11.9 Å². The molecule has 1 N–H and O–H groups in total. The molecule has 0 unspecified atom stereocenters. The van der Waals surface area contributed by atoms with Crippen LogP contribution in [0.5, 0.6) is 0 Å². The number of carbonyl (C=O) groups is 2. The zero-order chi connectivity index (χ0) is 17.4. The average molecular weight is 330 g/mol. The van der Waals surface area contributed by atoms with E-state index in [0.717, 1.165) is 31.2 Å². The molecule has 1 aromatic rings. The fourth-order valence-corrected chi connectivity index (χ4v) is 3.08. The maximum Gasteiger partial charge on any atom is 0.407 e. The maximum atomic E-state index is 12.5. The van der Waals surface area contributed by atoms with Gasteiger partial charge in [0.15, 0.2) is 0 Å². The molecule has 1 aliphatic rings. The summed E-state index contributed by atoms with van der Waals surface area (Å²) in [4.78, 5) is 26.3. The van der Waals surface area contributed by atoms with Crippen LogP contribution in [-0.4, -0.2) is 36.5 Å². The standard InChI is InChI=1S/C19H26N2O3/c1-3-13-21(2)18(22)16-11-7-8-12-17(16)20-19(23)24-14-15-9-5-4-6-10-15/h3-6,9-10,16-17H,1,7-8,11-14H2,2H3,(H,20,23)/t16-,17-/m1/s1. The molecule has 0 aromatic heterocycles. The Labute approximate surface area is 143 Å². The number of likely N-dealkylation sites (N-methyl/N-ethyl adjacent to an activating group) is 1. The molecule has 0 bridgehead atoms. The normalized spacial score (nSPS) is 20.0. The number of hydrogen-bond donors (Lipinski definition) is 1. The van der Waals surface area contributed by atoms with Crippen molar-refractivity contribution in [2.75, 3.05) is 13.6 Å². The summed E-state index contributed by atoms with van der Waals surface area (Å²) in [7, 11) is 1.77. The summed E-state index contributed by atoms with van der Waals surface area (Å²) >= 11 is 0. The van der Waals surface area contributed by atoms with Crippen LogP contribution in [0, 0.1) is 5.92 Å². The first-order chi connectivity index (χ1) is 11.6. The Morgan fingerprint density at radius 3 is 2.71 bits per heavy atom. The Bertz CT molecular complexity index is 559. The molecule has 0 saturated heterocycles. The Hall–Kier alpha value is -2.30. The van der Waals surface area contributed by atoms with Gasteiger partial charge in [-0.2, -0.15) is 0 Å². The first kappa shape index (κ1) is 18.0.